The number of ether oxygens (including phenoxy) is 1. The van der Waals surface area contributed by atoms with Crippen LogP contribution in [0.1, 0.15) is 37.3 Å². The predicted molar refractivity (Wildman–Crippen MR) is 85.1 cm³/mol. The number of rotatable bonds is 7. The summed E-state index contributed by atoms with van der Waals surface area (Å²) in [6.45, 7) is 0. The van der Waals surface area contributed by atoms with Crippen LogP contribution in [0.4, 0.5) is 0 Å². The summed E-state index contributed by atoms with van der Waals surface area (Å²) in [5, 5.41) is 2.29. The second-order valence-electron chi connectivity index (χ2n) is 5.29. The lowest BCUT2D eigenvalue weighted by Gasteiger charge is -2.13. The first kappa shape index (κ1) is 15.3. The lowest BCUT2D eigenvalue weighted by atomic mass is 9.98. The van der Waals surface area contributed by atoms with Gasteiger partial charge in [0.15, 0.2) is 0 Å². The first-order valence-corrected chi connectivity index (χ1v) is 7.22. The van der Waals surface area contributed by atoms with Crippen molar-refractivity contribution in [2.45, 2.75) is 31.7 Å². The predicted octanol–water partition coefficient (Wildman–Crippen LogP) is 2.89. The molecule has 0 saturated carbocycles. The Labute approximate surface area is 125 Å². The molecule has 4 N–H and O–H groups in total. The molecule has 2 aromatic rings. The molecule has 0 aliphatic carbocycles. The smallest absolute Gasteiger partial charge is 0.217 e. The Kier molecular flexibility index (Phi) is 5.17. The summed E-state index contributed by atoms with van der Waals surface area (Å²) in [7, 11) is 1.66. The average Bonchev–Trinajstić information content (AvgIpc) is 2.50. The van der Waals surface area contributed by atoms with Crippen molar-refractivity contribution >= 4 is 16.7 Å². The number of unbranched alkanes of at least 4 members (excludes halogenated alkanes) is 1. The van der Waals surface area contributed by atoms with Gasteiger partial charge in [-0.1, -0.05) is 24.6 Å². The lowest BCUT2D eigenvalue weighted by Crippen LogP contribution is -2.12. The van der Waals surface area contributed by atoms with Crippen molar-refractivity contribution in [3.63, 3.8) is 0 Å². The molecule has 0 spiro atoms. The molecule has 0 aliphatic rings. The Bertz CT molecular complexity index is 625. The van der Waals surface area contributed by atoms with E-state index in [0.29, 0.717) is 6.42 Å². The zero-order valence-electron chi connectivity index (χ0n) is 12.3. The summed E-state index contributed by atoms with van der Waals surface area (Å²) in [4.78, 5) is 10.7. The van der Waals surface area contributed by atoms with E-state index in [1.54, 1.807) is 7.11 Å². The SMILES string of the molecule is COc1ccc2cc(C(N)CCCCC(N)=O)ccc2c1. The number of benzene rings is 2. The summed E-state index contributed by atoms with van der Waals surface area (Å²) >= 11 is 0. The second kappa shape index (κ2) is 7.09. The maximum Gasteiger partial charge on any atom is 0.217 e. The van der Waals surface area contributed by atoms with Gasteiger partial charge in [-0.05, 0) is 47.4 Å². The van der Waals surface area contributed by atoms with Crippen LogP contribution in [0, 0.1) is 0 Å². The minimum Gasteiger partial charge on any atom is -0.497 e. The fraction of sp³-hybridized carbons (Fsp3) is 0.353. The molecular formula is C17H22N2O2. The highest BCUT2D eigenvalue weighted by Crippen LogP contribution is 2.25. The van der Waals surface area contributed by atoms with Crippen molar-refractivity contribution in [2.24, 2.45) is 11.5 Å². The van der Waals surface area contributed by atoms with E-state index < -0.39 is 0 Å². The minimum atomic E-state index is -0.247. The van der Waals surface area contributed by atoms with E-state index in [-0.39, 0.29) is 11.9 Å². The minimum absolute atomic E-state index is 0.00983. The van der Waals surface area contributed by atoms with Crippen LogP contribution in [-0.4, -0.2) is 13.0 Å². The molecule has 0 bridgehead atoms. The van der Waals surface area contributed by atoms with Crippen molar-refractivity contribution in [1.29, 1.82) is 0 Å². The van der Waals surface area contributed by atoms with E-state index in [2.05, 4.69) is 18.2 Å². The lowest BCUT2D eigenvalue weighted by molar-refractivity contribution is -0.118. The fourth-order valence-corrected chi connectivity index (χ4v) is 2.43. The normalized spacial score (nSPS) is 12.3. The highest BCUT2D eigenvalue weighted by atomic mass is 16.5. The quantitative estimate of drug-likeness (QED) is 0.768. The molecule has 0 fully saturated rings. The van der Waals surface area contributed by atoms with Crippen LogP contribution < -0.4 is 16.2 Å². The average molecular weight is 286 g/mol. The monoisotopic (exact) mass is 286 g/mol. The first-order chi connectivity index (χ1) is 10.1. The molecule has 0 radical (unpaired) electrons. The number of fused-ring (bicyclic) bond motifs is 1. The largest absolute Gasteiger partial charge is 0.497 e. The van der Waals surface area contributed by atoms with E-state index in [1.165, 1.54) is 0 Å². The molecule has 1 atom stereocenters. The zero-order chi connectivity index (χ0) is 15.2. The van der Waals surface area contributed by atoms with Gasteiger partial charge in [0.2, 0.25) is 5.91 Å². The molecule has 0 aliphatic heterocycles. The molecule has 1 amide bonds. The van der Waals surface area contributed by atoms with Gasteiger partial charge in [-0.15, -0.1) is 0 Å². The van der Waals surface area contributed by atoms with Gasteiger partial charge in [0.1, 0.15) is 5.75 Å². The molecule has 2 rings (SSSR count). The molecule has 0 aromatic heterocycles. The Morgan fingerprint density at radius 2 is 1.86 bits per heavy atom. The summed E-state index contributed by atoms with van der Waals surface area (Å²) in [6.07, 6.45) is 3.00. The molecule has 21 heavy (non-hydrogen) atoms. The molecule has 4 nitrogen and oxygen atoms in total. The molecule has 1 unspecified atom stereocenters. The number of carbonyl (C=O) groups is 1. The maximum atomic E-state index is 10.7. The molecule has 2 aromatic carbocycles. The standard InChI is InChI=1S/C17H22N2O2/c1-21-15-9-8-12-10-14(7-6-13(12)11-15)16(18)4-2-3-5-17(19)20/h6-11,16H,2-5,18H2,1H3,(H2,19,20). The zero-order valence-corrected chi connectivity index (χ0v) is 12.3. The number of nitrogens with two attached hydrogens (primary N) is 2. The Morgan fingerprint density at radius 3 is 2.57 bits per heavy atom. The van der Waals surface area contributed by atoms with Crippen LogP contribution in [0.15, 0.2) is 36.4 Å². The van der Waals surface area contributed by atoms with Crippen LogP contribution in [0.3, 0.4) is 0 Å². The van der Waals surface area contributed by atoms with Gasteiger partial charge >= 0.3 is 0 Å². The number of carbonyl (C=O) groups excluding carboxylic acids is 1. The van der Waals surface area contributed by atoms with Crippen molar-refractivity contribution in [3.8, 4) is 5.75 Å². The summed E-state index contributed by atoms with van der Waals surface area (Å²) in [6, 6.07) is 12.2. The van der Waals surface area contributed by atoms with Gasteiger partial charge in [-0.2, -0.15) is 0 Å². The molecular weight excluding hydrogens is 264 g/mol. The molecule has 0 saturated heterocycles. The van der Waals surface area contributed by atoms with E-state index in [9.17, 15) is 4.79 Å². The highest BCUT2D eigenvalue weighted by molar-refractivity contribution is 5.84. The summed E-state index contributed by atoms with van der Waals surface area (Å²) in [5.41, 5.74) is 12.5. The van der Waals surface area contributed by atoms with Crippen LogP contribution >= 0.6 is 0 Å². The number of hydrogen-bond acceptors (Lipinski definition) is 3. The van der Waals surface area contributed by atoms with Crippen LogP contribution in [-0.2, 0) is 4.79 Å². The van der Waals surface area contributed by atoms with Gasteiger partial charge < -0.3 is 16.2 Å². The van der Waals surface area contributed by atoms with Crippen LogP contribution in [0.5, 0.6) is 5.75 Å². The fourth-order valence-electron chi connectivity index (χ4n) is 2.43. The Hall–Kier alpha value is -2.07. The van der Waals surface area contributed by atoms with Gasteiger partial charge in [-0.3, -0.25) is 4.79 Å². The third kappa shape index (κ3) is 4.20. The maximum absolute atomic E-state index is 10.7. The van der Waals surface area contributed by atoms with Gasteiger partial charge in [0.25, 0.3) is 0 Å². The van der Waals surface area contributed by atoms with Crippen molar-refractivity contribution in [3.05, 3.63) is 42.0 Å². The van der Waals surface area contributed by atoms with E-state index in [4.69, 9.17) is 16.2 Å². The van der Waals surface area contributed by atoms with Crippen LogP contribution in [0.25, 0.3) is 10.8 Å². The van der Waals surface area contributed by atoms with Crippen molar-refractivity contribution in [2.75, 3.05) is 7.11 Å². The molecule has 4 heteroatoms. The highest BCUT2D eigenvalue weighted by Gasteiger charge is 2.07. The third-order valence-corrected chi connectivity index (χ3v) is 3.69. The molecule has 112 valence electrons. The van der Waals surface area contributed by atoms with Crippen molar-refractivity contribution in [1.82, 2.24) is 0 Å². The van der Waals surface area contributed by atoms with Crippen molar-refractivity contribution < 1.29 is 9.53 Å². The van der Waals surface area contributed by atoms with Gasteiger partial charge in [0, 0.05) is 12.5 Å². The Balaban J connectivity index is 2.02. The topological polar surface area (TPSA) is 78.3 Å². The third-order valence-electron chi connectivity index (χ3n) is 3.69. The second-order valence-corrected chi connectivity index (χ2v) is 5.29. The van der Waals surface area contributed by atoms with E-state index in [0.717, 1.165) is 41.3 Å². The number of hydrogen-bond donors (Lipinski definition) is 2. The summed E-state index contributed by atoms with van der Waals surface area (Å²) in [5.74, 6) is 0.606. The van der Waals surface area contributed by atoms with E-state index in [1.807, 2.05) is 18.2 Å². The number of amides is 1. The first-order valence-electron chi connectivity index (χ1n) is 7.22. The Morgan fingerprint density at radius 1 is 1.14 bits per heavy atom. The van der Waals surface area contributed by atoms with Gasteiger partial charge in [0.05, 0.1) is 7.11 Å². The number of primary amides is 1. The van der Waals surface area contributed by atoms with Crippen LogP contribution in [0.2, 0.25) is 0 Å². The number of methoxy groups -OCH3 is 1. The summed E-state index contributed by atoms with van der Waals surface area (Å²) < 4.78 is 5.22. The molecule has 0 heterocycles. The van der Waals surface area contributed by atoms with E-state index >= 15 is 0 Å². The van der Waals surface area contributed by atoms with Gasteiger partial charge in [-0.25, -0.2) is 0 Å².